The van der Waals surface area contributed by atoms with E-state index in [1.54, 1.807) is 0 Å². The molecule has 0 aliphatic carbocycles. The maximum atomic E-state index is 3.88. The van der Waals surface area contributed by atoms with Crippen LogP contribution in [0.5, 0.6) is 0 Å². The number of hydrogen-bond donors (Lipinski definition) is 0. The summed E-state index contributed by atoms with van der Waals surface area (Å²) in [5.41, 5.74) is 7.31. The van der Waals surface area contributed by atoms with E-state index in [0.29, 0.717) is 0 Å². The van der Waals surface area contributed by atoms with Crippen molar-refractivity contribution in [1.29, 1.82) is 0 Å². The highest BCUT2D eigenvalue weighted by atomic mass is 14.1. The zero-order valence-electron chi connectivity index (χ0n) is 22.4. The lowest BCUT2D eigenvalue weighted by Gasteiger charge is -2.09. The summed E-state index contributed by atoms with van der Waals surface area (Å²) in [5, 5.41) is 7.70. The van der Waals surface area contributed by atoms with E-state index < -0.39 is 0 Å². The SMILES string of the molecule is C=Cc1ccc(-c2cccc3cc4ccccc4cc23)cc1.C=Cc1ccccc1-c1ccc2ccccc2c1. The normalized spacial score (nSPS) is 10.7. The van der Waals surface area contributed by atoms with Crippen LogP contribution in [0.15, 0.2) is 159 Å². The van der Waals surface area contributed by atoms with Gasteiger partial charge in [0.2, 0.25) is 0 Å². The zero-order chi connectivity index (χ0) is 27.3. The maximum Gasteiger partial charge on any atom is -0.00990 e. The van der Waals surface area contributed by atoms with Crippen molar-refractivity contribution in [2.45, 2.75) is 0 Å². The van der Waals surface area contributed by atoms with Crippen LogP contribution in [0.3, 0.4) is 0 Å². The Morgan fingerprint density at radius 1 is 0.375 bits per heavy atom. The predicted molar refractivity (Wildman–Crippen MR) is 176 cm³/mol. The fraction of sp³-hybridized carbons (Fsp3) is 0. The molecule has 7 rings (SSSR count). The molecule has 0 bridgehead atoms. The Labute approximate surface area is 236 Å². The lowest BCUT2D eigenvalue weighted by Crippen LogP contribution is -1.83. The van der Waals surface area contributed by atoms with Gasteiger partial charge >= 0.3 is 0 Å². The van der Waals surface area contributed by atoms with Crippen LogP contribution in [0, 0.1) is 0 Å². The summed E-state index contributed by atoms with van der Waals surface area (Å²) >= 11 is 0. The molecule has 0 aliphatic heterocycles. The van der Waals surface area contributed by atoms with Gasteiger partial charge < -0.3 is 0 Å². The summed E-state index contributed by atoms with van der Waals surface area (Å²) in [7, 11) is 0. The molecule has 0 nitrogen and oxygen atoms in total. The Morgan fingerprint density at radius 3 is 1.68 bits per heavy atom. The van der Waals surface area contributed by atoms with Gasteiger partial charge in [-0.3, -0.25) is 0 Å². The van der Waals surface area contributed by atoms with Gasteiger partial charge in [-0.05, 0) is 83.9 Å². The Kier molecular flexibility index (Phi) is 7.07. The van der Waals surface area contributed by atoms with Gasteiger partial charge in [-0.2, -0.15) is 0 Å². The smallest absolute Gasteiger partial charge is 0.00990 e. The fourth-order valence-corrected chi connectivity index (χ4v) is 5.31. The Bertz CT molecular complexity index is 1970. The molecule has 0 unspecified atom stereocenters. The molecular formula is C40H30. The van der Waals surface area contributed by atoms with Gasteiger partial charge in [0.1, 0.15) is 0 Å². The van der Waals surface area contributed by atoms with Crippen LogP contribution >= 0.6 is 0 Å². The highest BCUT2D eigenvalue weighted by Gasteiger charge is 2.06. The van der Waals surface area contributed by atoms with Crippen molar-refractivity contribution >= 4 is 44.5 Å². The fourth-order valence-electron chi connectivity index (χ4n) is 5.31. The van der Waals surface area contributed by atoms with Crippen molar-refractivity contribution in [3.63, 3.8) is 0 Å². The highest BCUT2D eigenvalue weighted by Crippen LogP contribution is 2.32. The van der Waals surface area contributed by atoms with Crippen molar-refractivity contribution in [1.82, 2.24) is 0 Å². The van der Waals surface area contributed by atoms with Gasteiger partial charge in [-0.15, -0.1) is 0 Å². The summed E-state index contributed by atoms with van der Waals surface area (Å²) in [6.07, 6.45) is 3.78. The molecule has 40 heavy (non-hydrogen) atoms. The van der Waals surface area contributed by atoms with Gasteiger partial charge in [0.15, 0.2) is 0 Å². The van der Waals surface area contributed by atoms with E-state index in [0.717, 1.165) is 5.56 Å². The average Bonchev–Trinajstić information content (AvgIpc) is 3.03. The van der Waals surface area contributed by atoms with Gasteiger partial charge in [0.05, 0.1) is 0 Å². The predicted octanol–water partition coefficient (Wildman–Crippen LogP) is 11.5. The summed E-state index contributed by atoms with van der Waals surface area (Å²) in [4.78, 5) is 0. The molecule has 7 aromatic rings. The van der Waals surface area contributed by atoms with E-state index in [2.05, 4.69) is 153 Å². The molecule has 0 aromatic heterocycles. The Hall–Kier alpha value is -5.20. The zero-order valence-corrected chi connectivity index (χ0v) is 22.4. The highest BCUT2D eigenvalue weighted by molar-refractivity contribution is 6.05. The van der Waals surface area contributed by atoms with Gasteiger partial charge in [0, 0.05) is 0 Å². The van der Waals surface area contributed by atoms with Crippen LogP contribution in [-0.2, 0) is 0 Å². The van der Waals surface area contributed by atoms with Crippen molar-refractivity contribution in [3.8, 4) is 22.3 Å². The first kappa shape index (κ1) is 25.1. The van der Waals surface area contributed by atoms with E-state index >= 15 is 0 Å². The average molecular weight is 511 g/mol. The van der Waals surface area contributed by atoms with Crippen molar-refractivity contribution in [2.75, 3.05) is 0 Å². The third-order valence-corrected chi connectivity index (χ3v) is 7.45. The van der Waals surface area contributed by atoms with E-state index in [4.69, 9.17) is 0 Å². The van der Waals surface area contributed by atoms with Crippen LogP contribution in [0.4, 0.5) is 0 Å². The number of rotatable bonds is 4. The second-order valence-corrected chi connectivity index (χ2v) is 9.91. The summed E-state index contributed by atoms with van der Waals surface area (Å²) < 4.78 is 0. The number of fused-ring (bicyclic) bond motifs is 3. The summed E-state index contributed by atoms with van der Waals surface area (Å²) in [5.74, 6) is 0. The lowest BCUT2D eigenvalue weighted by molar-refractivity contribution is 1.61. The van der Waals surface area contributed by atoms with Crippen molar-refractivity contribution in [2.24, 2.45) is 0 Å². The second-order valence-electron chi connectivity index (χ2n) is 9.91. The molecule has 190 valence electrons. The van der Waals surface area contributed by atoms with Crippen molar-refractivity contribution in [3.05, 3.63) is 170 Å². The summed E-state index contributed by atoms with van der Waals surface area (Å²) in [6.45, 7) is 7.70. The number of hydrogen-bond acceptors (Lipinski definition) is 0. The summed E-state index contributed by atoms with van der Waals surface area (Å²) in [6, 6.07) is 51.5. The van der Waals surface area contributed by atoms with E-state index in [9.17, 15) is 0 Å². The Balaban J connectivity index is 0.000000148. The minimum absolute atomic E-state index is 1.15. The second kappa shape index (κ2) is 11.3. The molecule has 0 N–H and O–H groups in total. The molecule has 0 radical (unpaired) electrons. The maximum absolute atomic E-state index is 3.88. The molecule has 7 aromatic carbocycles. The van der Waals surface area contributed by atoms with Gasteiger partial charge in [-0.25, -0.2) is 0 Å². The van der Waals surface area contributed by atoms with Crippen LogP contribution in [0.2, 0.25) is 0 Å². The van der Waals surface area contributed by atoms with Crippen molar-refractivity contribution < 1.29 is 0 Å². The molecule has 0 fully saturated rings. The third kappa shape index (κ3) is 5.08. The minimum Gasteiger partial charge on any atom is -0.0985 e. The lowest BCUT2D eigenvalue weighted by atomic mass is 9.95. The van der Waals surface area contributed by atoms with Gasteiger partial charge in [-0.1, -0.05) is 153 Å². The van der Waals surface area contributed by atoms with E-state index in [1.165, 1.54) is 60.1 Å². The largest absolute Gasteiger partial charge is 0.0985 e. The third-order valence-electron chi connectivity index (χ3n) is 7.45. The quantitative estimate of drug-likeness (QED) is 0.207. The van der Waals surface area contributed by atoms with Gasteiger partial charge in [0.25, 0.3) is 0 Å². The molecule has 0 saturated carbocycles. The monoisotopic (exact) mass is 510 g/mol. The molecule has 0 atom stereocenters. The molecule has 0 saturated heterocycles. The molecule has 0 heterocycles. The topological polar surface area (TPSA) is 0 Å². The van der Waals surface area contributed by atoms with Crippen LogP contribution < -0.4 is 0 Å². The first-order valence-electron chi connectivity index (χ1n) is 13.6. The molecule has 0 spiro atoms. The van der Waals surface area contributed by atoms with Crippen LogP contribution in [0.1, 0.15) is 11.1 Å². The Morgan fingerprint density at radius 2 is 0.950 bits per heavy atom. The first-order chi connectivity index (χ1) is 19.7. The molecule has 0 heteroatoms. The van der Waals surface area contributed by atoms with Crippen LogP contribution in [0.25, 0.3) is 66.7 Å². The van der Waals surface area contributed by atoms with E-state index in [-0.39, 0.29) is 0 Å². The molecule has 0 aliphatic rings. The van der Waals surface area contributed by atoms with E-state index in [1.807, 2.05) is 18.2 Å². The standard InChI is InChI=1S/C22H16.C18H14/c1-2-16-10-12-17(13-11-16)21-9-5-8-20-14-18-6-3-4-7-19(18)15-22(20)21;1-2-14-7-5-6-10-18(14)17-12-11-15-8-3-4-9-16(15)13-17/h2-15H,1H2;2-13H,1H2. The number of benzene rings is 7. The molecular weight excluding hydrogens is 480 g/mol. The minimum atomic E-state index is 1.15. The van der Waals surface area contributed by atoms with Crippen LogP contribution in [-0.4, -0.2) is 0 Å². The first-order valence-corrected chi connectivity index (χ1v) is 13.6. The molecule has 0 amide bonds.